The van der Waals surface area contributed by atoms with E-state index < -0.39 is 16.6 Å². The van der Waals surface area contributed by atoms with Gasteiger partial charge in [0.2, 0.25) is 0 Å². The Morgan fingerprint density at radius 2 is 1.32 bits per heavy atom. The lowest BCUT2D eigenvalue weighted by Crippen LogP contribution is -2.52. The quantitative estimate of drug-likeness (QED) is 0.314. The maximum Gasteiger partial charge on any atom is 0.192 e. The van der Waals surface area contributed by atoms with Gasteiger partial charge in [0.05, 0.1) is 12.2 Å². The SMILES string of the molecule is CCC(C)C1=CCC[C@@H](O[Si](C)(C)C(C)(C)C)[C@@H](O[Si](C)(C)C(C)(C)C)CC1. The van der Waals surface area contributed by atoms with Crippen molar-refractivity contribution in [2.24, 2.45) is 5.92 Å². The maximum absolute atomic E-state index is 7.02. The molecule has 0 fully saturated rings. The predicted molar refractivity (Wildman–Crippen MR) is 130 cm³/mol. The lowest BCUT2D eigenvalue weighted by atomic mass is 9.88. The molecule has 0 radical (unpaired) electrons. The largest absolute Gasteiger partial charge is 0.411 e. The molecule has 1 aliphatic carbocycles. The van der Waals surface area contributed by atoms with Crippen LogP contribution in [0.2, 0.25) is 36.3 Å². The van der Waals surface area contributed by atoms with Crippen molar-refractivity contribution in [3.05, 3.63) is 11.6 Å². The minimum absolute atomic E-state index is 0.225. The minimum atomic E-state index is -1.84. The highest BCUT2D eigenvalue weighted by atomic mass is 28.4. The van der Waals surface area contributed by atoms with Crippen molar-refractivity contribution in [3.8, 4) is 0 Å². The summed E-state index contributed by atoms with van der Waals surface area (Å²) in [7, 11) is -3.66. The van der Waals surface area contributed by atoms with Gasteiger partial charge in [-0.1, -0.05) is 67.0 Å². The van der Waals surface area contributed by atoms with E-state index in [1.54, 1.807) is 5.57 Å². The van der Waals surface area contributed by atoms with Crippen LogP contribution in [0.25, 0.3) is 0 Å². The van der Waals surface area contributed by atoms with E-state index in [0.29, 0.717) is 5.92 Å². The standard InChI is InChI=1S/C24H50O2Si2/c1-13-19(2)20-15-14-16-21(25-27(9,10)23(3,4)5)22(18-17-20)26-28(11,12)24(6,7)8/h15,19,21-22H,13-14,16-18H2,1-12H3/t19?,21-,22+/m1/s1. The lowest BCUT2D eigenvalue weighted by Gasteiger charge is -2.46. The predicted octanol–water partition coefficient (Wildman–Crippen LogP) is 8.31. The van der Waals surface area contributed by atoms with Gasteiger partial charge in [-0.15, -0.1) is 0 Å². The van der Waals surface area contributed by atoms with Crippen LogP contribution in [0.5, 0.6) is 0 Å². The highest BCUT2D eigenvalue weighted by Gasteiger charge is 2.44. The summed E-state index contributed by atoms with van der Waals surface area (Å²) in [4.78, 5) is 0. The van der Waals surface area contributed by atoms with Crippen LogP contribution in [0.4, 0.5) is 0 Å². The zero-order valence-corrected chi connectivity index (χ0v) is 23.2. The number of rotatable bonds is 6. The third-order valence-corrected chi connectivity index (χ3v) is 16.7. The molecule has 1 rings (SSSR count). The molecule has 0 saturated carbocycles. The Kier molecular flexibility index (Phi) is 8.85. The van der Waals surface area contributed by atoms with Crippen LogP contribution in [0.1, 0.15) is 87.5 Å². The molecule has 0 spiro atoms. The molecule has 0 aliphatic heterocycles. The molecule has 3 atom stereocenters. The van der Waals surface area contributed by atoms with Crippen LogP contribution in [0, 0.1) is 5.92 Å². The van der Waals surface area contributed by atoms with E-state index in [-0.39, 0.29) is 22.3 Å². The molecule has 28 heavy (non-hydrogen) atoms. The normalized spacial score (nSPS) is 24.4. The van der Waals surface area contributed by atoms with E-state index >= 15 is 0 Å². The first-order valence-electron chi connectivity index (χ1n) is 11.6. The highest BCUT2D eigenvalue weighted by Crippen LogP contribution is 2.42. The fourth-order valence-corrected chi connectivity index (χ4v) is 6.07. The monoisotopic (exact) mass is 426 g/mol. The topological polar surface area (TPSA) is 18.5 Å². The second-order valence-electron chi connectivity index (χ2n) is 12.0. The smallest absolute Gasteiger partial charge is 0.192 e. The van der Waals surface area contributed by atoms with Gasteiger partial charge < -0.3 is 8.85 Å². The van der Waals surface area contributed by atoms with E-state index in [0.717, 1.165) is 25.7 Å². The molecular weight excluding hydrogens is 376 g/mol. The van der Waals surface area contributed by atoms with Gasteiger partial charge in [-0.05, 0) is 74.3 Å². The summed E-state index contributed by atoms with van der Waals surface area (Å²) < 4.78 is 14.0. The summed E-state index contributed by atoms with van der Waals surface area (Å²) in [6.45, 7) is 28.3. The van der Waals surface area contributed by atoms with Gasteiger partial charge in [0.1, 0.15) is 0 Å². The first-order chi connectivity index (χ1) is 12.5. The summed E-state index contributed by atoms with van der Waals surface area (Å²) in [6.07, 6.45) is 8.66. The van der Waals surface area contributed by atoms with Crippen molar-refractivity contribution in [3.63, 3.8) is 0 Å². The van der Waals surface area contributed by atoms with Gasteiger partial charge in [0.15, 0.2) is 16.6 Å². The van der Waals surface area contributed by atoms with E-state index in [2.05, 4.69) is 87.7 Å². The molecule has 0 saturated heterocycles. The molecule has 1 aliphatic rings. The first kappa shape index (κ1) is 26.1. The van der Waals surface area contributed by atoms with Gasteiger partial charge in [-0.2, -0.15) is 0 Å². The van der Waals surface area contributed by atoms with Crippen molar-refractivity contribution in [2.75, 3.05) is 0 Å². The van der Waals surface area contributed by atoms with Crippen LogP contribution >= 0.6 is 0 Å². The van der Waals surface area contributed by atoms with E-state index in [1.807, 2.05) is 0 Å². The summed E-state index contributed by atoms with van der Waals surface area (Å²) in [5, 5.41) is 0.459. The average molecular weight is 427 g/mol. The van der Waals surface area contributed by atoms with Gasteiger partial charge in [-0.3, -0.25) is 0 Å². The van der Waals surface area contributed by atoms with Gasteiger partial charge in [0, 0.05) is 0 Å². The molecular formula is C24H50O2Si2. The number of hydrogen-bond acceptors (Lipinski definition) is 2. The Bertz CT molecular complexity index is 524. The highest BCUT2D eigenvalue weighted by molar-refractivity contribution is 6.74. The molecule has 0 N–H and O–H groups in total. The van der Waals surface area contributed by atoms with E-state index in [4.69, 9.17) is 8.85 Å². The fraction of sp³-hybridized carbons (Fsp3) is 0.917. The molecule has 2 nitrogen and oxygen atoms in total. The van der Waals surface area contributed by atoms with Gasteiger partial charge in [-0.25, -0.2) is 0 Å². The summed E-state index contributed by atoms with van der Waals surface area (Å²) >= 11 is 0. The molecule has 0 aromatic heterocycles. The molecule has 1 unspecified atom stereocenters. The van der Waals surface area contributed by atoms with Crippen LogP contribution in [0.15, 0.2) is 11.6 Å². The molecule has 0 bridgehead atoms. The number of allylic oxidation sites excluding steroid dienone is 2. The van der Waals surface area contributed by atoms with E-state index in [1.165, 1.54) is 6.42 Å². The molecule has 166 valence electrons. The second-order valence-corrected chi connectivity index (χ2v) is 21.6. The Morgan fingerprint density at radius 3 is 1.71 bits per heavy atom. The van der Waals surface area contributed by atoms with Crippen molar-refractivity contribution in [2.45, 2.75) is 136 Å². The molecule has 4 heteroatoms. The van der Waals surface area contributed by atoms with Crippen LogP contribution < -0.4 is 0 Å². The Balaban J connectivity index is 3.15. The lowest BCUT2D eigenvalue weighted by molar-refractivity contribution is 0.0244. The van der Waals surface area contributed by atoms with Crippen molar-refractivity contribution < 1.29 is 8.85 Å². The molecule has 0 aromatic rings. The number of hydrogen-bond donors (Lipinski definition) is 0. The average Bonchev–Trinajstić information content (AvgIpc) is 2.50. The van der Waals surface area contributed by atoms with E-state index in [9.17, 15) is 0 Å². The van der Waals surface area contributed by atoms with Crippen molar-refractivity contribution >= 4 is 16.6 Å². The second kappa shape index (κ2) is 9.49. The maximum atomic E-state index is 7.02. The van der Waals surface area contributed by atoms with Crippen LogP contribution in [0.3, 0.4) is 0 Å². The van der Waals surface area contributed by atoms with Crippen LogP contribution in [-0.4, -0.2) is 28.8 Å². The zero-order chi connectivity index (χ0) is 22.0. The molecule has 0 aromatic carbocycles. The summed E-state index contributed by atoms with van der Waals surface area (Å²) in [6, 6.07) is 0. The Labute approximate surface area is 179 Å². The van der Waals surface area contributed by atoms with Gasteiger partial charge >= 0.3 is 0 Å². The Hall–Kier alpha value is 0.0938. The molecule has 0 heterocycles. The third kappa shape index (κ3) is 6.82. The third-order valence-electron chi connectivity index (χ3n) is 7.74. The summed E-state index contributed by atoms with van der Waals surface area (Å²) in [5.74, 6) is 0.686. The Morgan fingerprint density at radius 1 is 0.893 bits per heavy atom. The minimum Gasteiger partial charge on any atom is -0.411 e. The molecule has 0 amide bonds. The fourth-order valence-electron chi connectivity index (χ4n) is 3.31. The van der Waals surface area contributed by atoms with Crippen molar-refractivity contribution in [1.29, 1.82) is 0 Å². The van der Waals surface area contributed by atoms with Gasteiger partial charge in [0.25, 0.3) is 0 Å². The first-order valence-corrected chi connectivity index (χ1v) is 17.4. The van der Waals surface area contributed by atoms with Crippen molar-refractivity contribution in [1.82, 2.24) is 0 Å². The van der Waals surface area contributed by atoms with Crippen LogP contribution in [-0.2, 0) is 8.85 Å². The summed E-state index contributed by atoms with van der Waals surface area (Å²) in [5.41, 5.74) is 1.64. The zero-order valence-electron chi connectivity index (χ0n) is 21.2.